The van der Waals surface area contributed by atoms with Crippen LogP contribution in [0.2, 0.25) is 0 Å². The second-order valence-corrected chi connectivity index (χ2v) is 8.75. The summed E-state index contributed by atoms with van der Waals surface area (Å²) in [6, 6.07) is 8.86. The van der Waals surface area contributed by atoms with E-state index >= 15 is 0 Å². The molecule has 1 fully saturated rings. The number of esters is 1. The molecule has 7 heteroatoms. The molecule has 0 atom stereocenters. The van der Waals surface area contributed by atoms with E-state index in [2.05, 4.69) is 60.7 Å². The number of aliphatic imine (C=N–C) groups is 1. The highest BCUT2D eigenvalue weighted by atomic mass is 79.9. The smallest absolute Gasteiger partial charge is 0.325 e. The lowest BCUT2D eigenvalue weighted by atomic mass is 10.0. The van der Waals surface area contributed by atoms with E-state index in [-0.39, 0.29) is 12.5 Å². The Labute approximate surface area is 170 Å². The number of guanidine groups is 1. The van der Waals surface area contributed by atoms with Gasteiger partial charge in [0.1, 0.15) is 12.1 Å². The van der Waals surface area contributed by atoms with E-state index in [4.69, 9.17) is 4.74 Å². The van der Waals surface area contributed by atoms with E-state index in [0.29, 0.717) is 12.0 Å². The Morgan fingerprint density at radius 1 is 1.26 bits per heavy atom. The van der Waals surface area contributed by atoms with E-state index in [0.717, 1.165) is 36.9 Å². The van der Waals surface area contributed by atoms with Crippen molar-refractivity contribution in [2.75, 3.05) is 26.7 Å². The van der Waals surface area contributed by atoms with Crippen LogP contribution < -0.4 is 10.6 Å². The van der Waals surface area contributed by atoms with Crippen molar-refractivity contribution < 1.29 is 9.53 Å². The third-order valence-electron chi connectivity index (χ3n) is 4.29. The number of hydrogen-bond acceptors (Lipinski definition) is 4. The topological polar surface area (TPSA) is 66.0 Å². The third-order valence-corrected chi connectivity index (χ3v) is 4.82. The number of nitrogens with one attached hydrogen (secondary N) is 2. The highest BCUT2D eigenvalue weighted by Crippen LogP contribution is 2.16. The number of likely N-dealkylation sites (tertiary alicyclic amines) is 1. The first-order chi connectivity index (χ1) is 12.7. The molecule has 27 heavy (non-hydrogen) atoms. The van der Waals surface area contributed by atoms with Crippen LogP contribution >= 0.6 is 15.9 Å². The van der Waals surface area contributed by atoms with Crippen LogP contribution in [-0.2, 0) is 16.1 Å². The van der Waals surface area contributed by atoms with Crippen LogP contribution in [0.15, 0.2) is 33.7 Å². The van der Waals surface area contributed by atoms with Crippen LogP contribution in [0.1, 0.15) is 39.2 Å². The Balaban J connectivity index is 1.71. The summed E-state index contributed by atoms with van der Waals surface area (Å²) in [5.74, 6) is 0.363. The Bertz CT molecular complexity index is 632. The summed E-state index contributed by atoms with van der Waals surface area (Å²) in [5.41, 5.74) is 0.858. The van der Waals surface area contributed by atoms with Gasteiger partial charge in [-0.1, -0.05) is 28.1 Å². The molecular formula is C20H31BrN4O2. The average Bonchev–Trinajstić information content (AvgIpc) is 2.60. The van der Waals surface area contributed by atoms with Gasteiger partial charge in [-0.05, 0) is 51.3 Å². The minimum atomic E-state index is -0.475. The molecule has 1 saturated heterocycles. The molecule has 6 nitrogen and oxygen atoms in total. The second kappa shape index (κ2) is 10.1. The van der Waals surface area contributed by atoms with E-state index in [9.17, 15) is 4.79 Å². The highest BCUT2D eigenvalue weighted by molar-refractivity contribution is 9.10. The molecule has 1 aromatic rings. The SMILES string of the molecule is CN=C(NCC(=O)OC(C)(C)C)NC1CCN(Cc2ccc(Br)cc2)CC1. The molecule has 0 unspecified atom stereocenters. The molecule has 1 heterocycles. The predicted octanol–water partition coefficient (Wildman–Crippen LogP) is 2.92. The zero-order valence-corrected chi connectivity index (χ0v) is 18.3. The van der Waals surface area contributed by atoms with E-state index < -0.39 is 5.60 Å². The summed E-state index contributed by atoms with van der Waals surface area (Å²) < 4.78 is 6.42. The van der Waals surface area contributed by atoms with Gasteiger partial charge in [0.2, 0.25) is 0 Å². The molecule has 0 bridgehead atoms. The average molecular weight is 439 g/mol. The first kappa shape index (κ1) is 21.7. The molecule has 2 rings (SSSR count). The first-order valence-electron chi connectivity index (χ1n) is 9.41. The van der Waals surface area contributed by atoms with Gasteiger partial charge in [-0.2, -0.15) is 0 Å². The fourth-order valence-electron chi connectivity index (χ4n) is 3.00. The maximum absolute atomic E-state index is 11.8. The van der Waals surface area contributed by atoms with Crippen molar-refractivity contribution in [2.24, 2.45) is 4.99 Å². The van der Waals surface area contributed by atoms with Crippen LogP contribution in [0, 0.1) is 0 Å². The molecule has 0 aliphatic carbocycles. The summed E-state index contributed by atoms with van der Waals surface area (Å²) in [6.07, 6.45) is 2.09. The number of piperidine rings is 1. The lowest BCUT2D eigenvalue weighted by molar-refractivity contribution is -0.153. The maximum atomic E-state index is 11.8. The number of benzene rings is 1. The van der Waals surface area contributed by atoms with Gasteiger partial charge in [-0.3, -0.25) is 14.7 Å². The van der Waals surface area contributed by atoms with Gasteiger partial charge in [0, 0.05) is 37.2 Å². The molecule has 0 saturated carbocycles. The first-order valence-corrected chi connectivity index (χ1v) is 10.2. The van der Waals surface area contributed by atoms with Gasteiger partial charge in [0.05, 0.1) is 0 Å². The Kier molecular flexibility index (Phi) is 8.10. The van der Waals surface area contributed by atoms with Crippen molar-refractivity contribution in [3.05, 3.63) is 34.3 Å². The van der Waals surface area contributed by atoms with Crippen LogP contribution in [0.5, 0.6) is 0 Å². The lowest BCUT2D eigenvalue weighted by Crippen LogP contribution is -2.49. The van der Waals surface area contributed by atoms with Crippen molar-refractivity contribution in [1.29, 1.82) is 0 Å². The van der Waals surface area contributed by atoms with Crippen molar-refractivity contribution in [2.45, 2.75) is 51.8 Å². The minimum Gasteiger partial charge on any atom is -0.459 e. The molecule has 150 valence electrons. The van der Waals surface area contributed by atoms with Crippen LogP contribution in [-0.4, -0.2) is 55.2 Å². The summed E-state index contributed by atoms with van der Waals surface area (Å²) in [5, 5.41) is 6.46. The number of carbonyl (C=O) groups excluding carboxylic acids is 1. The molecular weight excluding hydrogens is 408 g/mol. The van der Waals surface area contributed by atoms with Gasteiger partial charge >= 0.3 is 5.97 Å². The molecule has 0 spiro atoms. The number of nitrogens with zero attached hydrogens (tertiary/aromatic N) is 2. The standard InChI is InChI=1S/C20H31BrN4O2/c1-20(2,3)27-18(26)13-23-19(22-4)24-17-9-11-25(12-10-17)14-15-5-7-16(21)8-6-15/h5-8,17H,9-14H2,1-4H3,(H2,22,23,24). The largest absolute Gasteiger partial charge is 0.459 e. The Morgan fingerprint density at radius 2 is 1.89 bits per heavy atom. The highest BCUT2D eigenvalue weighted by Gasteiger charge is 2.21. The minimum absolute atomic E-state index is 0.110. The van der Waals surface area contributed by atoms with Crippen molar-refractivity contribution in [3.8, 4) is 0 Å². The molecule has 1 aromatic carbocycles. The zero-order valence-electron chi connectivity index (χ0n) is 16.7. The van der Waals surface area contributed by atoms with Crippen LogP contribution in [0.3, 0.4) is 0 Å². The van der Waals surface area contributed by atoms with Crippen LogP contribution in [0.25, 0.3) is 0 Å². The third kappa shape index (κ3) is 8.30. The van der Waals surface area contributed by atoms with Crippen molar-refractivity contribution >= 4 is 27.9 Å². The van der Waals surface area contributed by atoms with Gasteiger partial charge in [-0.25, -0.2) is 0 Å². The van der Waals surface area contributed by atoms with Gasteiger partial charge in [-0.15, -0.1) is 0 Å². The van der Waals surface area contributed by atoms with Gasteiger partial charge < -0.3 is 15.4 Å². The zero-order chi connectivity index (χ0) is 19.9. The number of carbonyl (C=O) groups is 1. The molecule has 0 radical (unpaired) electrons. The van der Waals surface area contributed by atoms with E-state index in [1.807, 2.05) is 20.8 Å². The molecule has 1 aliphatic rings. The molecule has 2 N–H and O–H groups in total. The summed E-state index contributed by atoms with van der Waals surface area (Å²) >= 11 is 3.48. The number of ether oxygens (including phenoxy) is 1. The molecule has 1 aliphatic heterocycles. The monoisotopic (exact) mass is 438 g/mol. The van der Waals surface area contributed by atoms with E-state index in [1.165, 1.54) is 5.56 Å². The van der Waals surface area contributed by atoms with Crippen molar-refractivity contribution in [1.82, 2.24) is 15.5 Å². The van der Waals surface area contributed by atoms with Gasteiger partial charge in [0.15, 0.2) is 5.96 Å². The summed E-state index contributed by atoms with van der Waals surface area (Å²) in [4.78, 5) is 18.5. The van der Waals surface area contributed by atoms with E-state index in [1.54, 1.807) is 7.05 Å². The Morgan fingerprint density at radius 3 is 2.44 bits per heavy atom. The summed E-state index contributed by atoms with van der Waals surface area (Å²) in [7, 11) is 1.72. The fraction of sp³-hybridized carbons (Fsp3) is 0.600. The summed E-state index contributed by atoms with van der Waals surface area (Å²) in [6.45, 7) is 8.75. The maximum Gasteiger partial charge on any atom is 0.325 e. The van der Waals surface area contributed by atoms with Gasteiger partial charge in [0.25, 0.3) is 0 Å². The number of rotatable bonds is 5. The molecule has 0 amide bonds. The van der Waals surface area contributed by atoms with Crippen molar-refractivity contribution in [3.63, 3.8) is 0 Å². The lowest BCUT2D eigenvalue weighted by Gasteiger charge is -2.33. The number of hydrogen-bond donors (Lipinski definition) is 2. The number of halogens is 1. The normalized spacial score (nSPS) is 16.9. The second-order valence-electron chi connectivity index (χ2n) is 7.83. The molecule has 0 aromatic heterocycles. The van der Waals surface area contributed by atoms with Crippen LogP contribution in [0.4, 0.5) is 0 Å². The fourth-order valence-corrected chi connectivity index (χ4v) is 3.27. The Hall–Kier alpha value is -1.60. The predicted molar refractivity (Wildman–Crippen MR) is 113 cm³/mol. The quantitative estimate of drug-likeness (QED) is 0.420.